The quantitative estimate of drug-likeness (QED) is 0.223. The van der Waals surface area contributed by atoms with E-state index in [9.17, 15) is 18.0 Å². The summed E-state index contributed by atoms with van der Waals surface area (Å²) in [6, 6.07) is 12.2. The Bertz CT molecular complexity index is 1170. The number of nitrogens with zero attached hydrogens (tertiary/aromatic N) is 4. The lowest BCUT2D eigenvalue weighted by Gasteiger charge is -2.25. The molecule has 1 N–H and O–H groups in total. The van der Waals surface area contributed by atoms with Crippen LogP contribution < -0.4 is 5.43 Å². The summed E-state index contributed by atoms with van der Waals surface area (Å²) < 4.78 is 40.1. The fourth-order valence-corrected chi connectivity index (χ4v) is 4.86. The monoisotopic (exact) mass is 521 g/mol. The highest BCUT2D eigenvalue weighted by atomic mass is 35.5. The molecule has 11 heteroatoms. The summed E-state index contributed by atoms with van der Waals surface area (Å²) in [5.74, 6) is 0.455. The van der Waals surface area contributed by atoms with Gasteiger partial charge in [0.2, 0.25) is 0 Å². The van der Waals surface area contributed by atoms with Crippen LogP contribution >= 0.6 is 23.4 Å². The fraction of sp³-hybridized carbons (Fsp3) is 0.333. The SMILES string of the molecule is O=C(CSc1nnc(-c2ccc(Cl)cc2)n1C1CCCCC1)NN=Cc1ccc(C(F)(F)F)cc1. The minimum Gasteiger partial charge on any atom is -0.299 e. The van der Waals surface area contributed by atoms with E-state index in [0.29, 0.717) is 15.7 Å². The summed E-state index contributed by atoms with van der Waals surface area (Å²) >= 11 is 7.31. The summed E-state index contributed by atoms with van der Waals surface area (Å²) in [7, 11) is 0. The van der Waals surface area contributed by atoms with Gasteiger partial charge in [-0.25, -0.2) is 5.43 Å². The topological polar surface area (TPSA) is 72.2 Å². The molecule has 2 aromatic carbocycles. The highest BCUT2D eigenvalue weighted by Crippen LogP contribution is 2.35. The average Bonchev–Trinajstić information content (AvgIpc) is 3.27. The molecular formula is C24H23ClF3N5OS. The molecule has 1 aromatic heterocycles. The van der Waals surface area contributed by atoms with Gasteiger partial charge >= 0.3 is 6.18 Å². The van der Waals surface area contributed by atoms with Crippen molar-refractivity contribution in [2.45, 2.75) is 49.5 Å². The first-order valence-corrected chi connectivity index (χ1v) is 12.5. The van der Waals surface area contributed by atoms with E-state index in [1.54, 1.807) is 0 Å². The lowest BCUT2D eigenvalue weighted by atomic mass is 9.95. The van der Waals surface area contributed by atoms with Gasteiger partial charge in [0, 0.05) is 16.6 Å². The number of halogens is 4. The molecule has 1 aliphatic carbocycles. The number of alkyl halides is 3. The Morgan fingerprint density at radius 3 is 2.43 bits per heavy atom. The number of carbonyl (C=O) groups is 1. The molecule has 4 rings (SSSR count). The van der Waals surface area contributed by atoms with Gasteiger partial charge in [-0.15, -0.1) is 10.2 Å². The molecule has 1 aliphatic rings. The van der Waals surface area contributed by atoms with Crippen LogP contribution in [0.3, 0.4) is 0 Å². The number of nitrogens with one attached hydrogen (secondary N) is 1. The van der Waals surface area contributed by atoms with Gasteiger partial charge in [0.25, 0.3) is 5.91 Å². The maximum Gasteiger partial charge on any atom is 0.416 e. The van der Waals surface area contributed by atoms with E-state index < -0.39 is 11.7 Å². The van der Waals surface area contributed by atoms with Gasteiger partial charge in [0.05, 0.1) is 17.5 Å². The Balaban J connectivity index is 1.41. The third kappa shape index (κ3) is 6.64. The molecule has 1 fully saturated rings. The van der Waals surface area contributed by atoms with E-state index in [0.717, 1.165) is 49.2 Å². The van der Waals surface area contributed by atoms with E-state index in [1.165, 1.54) is 36.5 Å². The molecule has 1 heterocycles. The molecule has 0 bridgehead atoms. The van der Waals surface area contributed by atoms with Gasteiger partial charge in [-0.1, -0.05) is 54.8 Å². The van der Waals surface area contributed by atoms with Crippen molar-refractivity contribution < 1.29 is 18.0 Å². The van der Waals surface area contributed by atoms with E-state index >= 15 is 0 Å². The fourth-order valence-electron chi connectivity index (χ4n) is 3.94. The largest absolute Gasteiger partial charge is 0.416 e. The molecule has 0 unspecified atom stereocenters. The standard InChI is InChI=1S/C24H23ClF3N5OS/c25-19-12-8-17(9-13-19)22-31-32-23(33(22)20-4-2-1-3-5-20)35-15-21(34)30-29-14-16-6-10-18(11-7-16)24(26,27)28/h6-14,20H,1-5,15H2,(H,30,34). The zero-order chi connectivity index (χ0) is 24.8. The number of aromatic nitrogens is 3. The maximum absolute atomic E-state index is 12.7. The van der Waals surface area contributed by atoms with Gasteiger partial charge in [-0.2, -0.15) is 18.3 Å². The number of carbonyl (C=O) groups excluding carboxylic acids is 1. The maximum atomic E-state index is 12.7. The molecule has 0 spiro atoms. The normalized spacial score (nSPS) is 15.0. The zero-order valence-corrected chi connectivity index (χ0v) is 20.2. The predicted octanol–water partition coefficient (Wildman–Crippen LogP) is 6.36. The van der Waals surface area contributed by atoms with E-state index in [-0.39, 0.29) is 17.7 Å². The van der Waals surface area contributed by atoms with E-state index in [2.05, 4.69) is 25.3 Å². The number of hydrogen-bond donors (Lipinski definition) is 1. The number of rotatable bonds is 7. The van der Waals surface area contributed by atoms with Crippen molar-refractivity contribution in [3.05, 3.63) is 64.7 Å². The average molecular weight is 522 g/mol. The molecule has 35 heavy (non-hydrogen) atoms. The number of hydrazone groups is 1. The van der Waals surface area contributed by atoms with Crippen LogP contribution in [0, 0.1) is 0 Å². The molecule has 0 radical (unpaired) electrons. The molecule has 184 valence electrons. The van der Waals surface area contributed by atoms with Crippen molar-refractivity contribution in [3.63, 3.8) is 0 Å². The third-order valence-electron chi connectivity index (χ3n) is 5.68. The van der Waals surface area contributed by atoms with Crippen LogP contribution in [0.1, 0.15) is 49.3 Å². The van der Waals surface area contributed by atoms with Gasteiger partial charge in [0.15, 0.2) is 11.0 Å². The van der Waals surface area contributed by atoms with E-state index in [1.807, 2.05) is 24.3 Å². The first kappa shape index (κ1) is 25.2. The Kier molecular flexibility index (Phi) is 8.12. The van der Waals surface area contributed by atoms with Crippen LogP contribution in [0.5, 0.6) is 0 Å². The highest BCUT2D eigenvalue weighted by Gasteiger charge is 2.30. The van der Waals surface area contributed by atoms with Crippen LogP contribution in [0.4, 0.5) is 13.2 Å². The second-order valence-electron chi connectivity index (χ2n) is 8.18. The summed E-state index contributed by atoms with van der Waals surface area (Å²) in [6.07, 6.45) is 2.42. The molecule has 0 aliphatic heterocycles. The van der Waals surface area contributed by atoms with Crippen molar-refractivity contribution in [1.82, 2.24) is 20.2 Å². The lowest BCUT2D eigenvalue weighted by Crippen LogP contribution is -2.20. The van der Waals surface area contributed by atoms with Crippen molar-refractivity contribution >= 4 is 35.5 Å². The number of amides is 1. The highest BCUT2D eigenvalue weighted by molar-refractivity contribution is 7.99. The van der Waals surface area contributed by atoms with Crippen LogP contribution in [0.25, 0.3) is 11.4 Å². The number of hydrogen-bond acceptors (Lipinski definition) is 5. The third-order valence-corrected chi connectivity index (χ3v) is 6.88. The first-order valence-electron chi connectivity index (χ1n) is 11.1. The van der Waals surface area contributed by atoms with Crippen LogP contribution in [-0.2, 0) is 11.0 Å². The van der Waals surface area contributed by atoms with E-state index in [4.69, 9.17) is 11.6 Å². The van der Waals surface area contributed by atoms with Crippen LogP contribution in [0.15, 0.2) is 58.8 Å². The smallest absolute Gasteiger partial charge is 0.299 e. The van der Waals surface area contributed by atoms with Gasteiger partial charge in [0.1, 0.15) is 0 Å². The zero-order valence-electron chi connectivity index (χ0n) is 18.6. The Morgan fingerprint density at radius 2 is 1.77 bits per heavy atom. The second kappa shape index (κ2) is 11.3. The summed E-state index contributed by atoms with van der Waals surface area (Å²) in [4.78, 5) is 12.3. The molecule has 6 nitrogen and oxygen atoms in total. The Hall–Kier alpha value is -2.85. The summed E-state index contributed by atoms with van der Waals surface area (Å²) in [6.45, 7) is 0. The van der Waals surface area contributed by atoms with Crippen molar-refractivity contribution in [3.8, 4) is 11.4 Å². The molecule has 1 amide bonds. The summed E-state index contributed by atoms with van der Waals surface area (Å²) in [5.41, 5.74) is 3.01. The Labute approximate surface area is 210 Å². The number of benzene rings is 2. The molecule has 0 saturated heterocycles. The number of thioether (sulfide) groups is 1. The lowest BCUT2D eigenvalue weighted by molar-refractivity contribution is -0.137. The minimum absolute atomic E-state index is 0.0653. The predicted molar refractivity (Wildman–Crippen MR) is 130 cm³/mol. The van der Waals surface area contributed by atoms with Crippen LogP contribution in [-0.4, -0.2) is 32.6 Å². The molecule has 0 atom stereocenters. The van der Waals surface area contributed by atoms with Crippen molar-refractivity contribution in [2.24, 2.45) is 5.10 Å². The van der Waals surface area contributed by atoms with Gasteiger partial charge in [-0.05, 0) is 54.8 Å². The minimum atomic E-state index is -4.40. The van der Waals surface area contributed by atoms with Gasteiger partial charge in [-0.3, -0.25) is 9.36 Å². The van der Waals surface area contributed by atoms with Crippen molar-refractivity contribution in [2.75, 3.05) is 5.75 Å². The second-order valence-corrected chi connectivity index (χ2v) is 9.56. The molecule has 1 saturated carbocycles. The van der Waals surface area contributed by atoms with Gasteiger partial charge < -0.3 is 0 Å². The first-order chi connectivity index (χ1) is 16.8. The molecule has 3 aromatic rings. The Morgan fingerprint density at radius 1 is 1.09 bits per heavy atom. The van der Waals surface area contributed by atoms with Crippen molar-refractivity contribution in [1.29, 1.82) is 0 Å². The van der Waals surface area contributed by atoms with Crippen LogP contribution in [0.2, 0.25) is 5.02 Å². The summed E-state index contributed by atoms with van der Waals surface area (Å²) in [5, 5.41) is 13.9. The molecular weight excluding hydrogens is 499 g/mol.